The first-order valence-corrected chi connectivity index (χ1v) is 7.54. The lowest BCUT2D eigenvalue weighted by Crippen LogP contribution is -2.52. The van der Waals surface area contributed by atoms with Gasteiger partial charge in [-0.05, 0) is 37.6 Å². The maximum absolute atomic E-state index is 10.4. The van der Waals surface area contributed by atoms with Gasteiger partial charge in [0.2, 0.25) is 0 Å². The Hall–Kier alpha value is -0.120. The van der Waals surface area contributed by atoms with E-state index in [0.29, 0.717) is 12.0 Å². The highest BCUT2D eigenvalue weighted by Crippen LogP contribution is 2.41. The molecule has 1 saturated carbocycles. The summed E-state index contributed by atoms with van der Waals surface area (Å²) in [5, 5.41) is 10.4. The van der Waals surface area contributed by atoms with Crippen molar-refractivity contribution in [3.05, 3.63) is 0 Å². The number of hydrogen-bond acceptors (Lipinski definition) is 3. The Morgan fingerprint density at radius 1 is 1.28 bits per heavy atom. The van der Waals surface area contributed by atoms with Gasteiger partial charge in [0.25, 0.3) is 0 Å². The van der Waals surface area contributed by atoms with Crippen LogP contribution in [-0.4, -0.2) is 60.3 Å². The monoisotopic (exact) mass is 254 g/mol. The van der Waals surface area contributed by atoms with Gasteiger partial charge in [-0.1, -0.05) is 20.8 Å². The van der Waals surface area contributed by atoms with Gasteiger partial charge in [0, 0.05) is 32.2 Å². The molecule has 3 nitrogen and oxygen atoms in total. The van der Waals surface area contributed by atoms with Crippen LogP contribution in [0.3, 0.4) is 0 Å². The van der Waals surface area contributed by atoms with Gasteiger partial charge in [-0.25, -0.2) is 0 Å². The van der Waals surface area contributed by atoms with Crippen LogP contribution in [0.15, 0.2) is 0 Å². The molecule has 18 heavy (non-hydrogen) atoms. The number of aliphatic hydroxyl groups is 1. The lowest BCUT2D eigenvalue weighted by atomic mass is 9.87. The van der Waals surface area contributed by atoms with Crippen molar-refractivity contribution in [3.63, 3.8) is 0 Å². The molecule has 0 aromatic heterocycles. The summed E-state index contributed by atoms with van der Waals surface area (Å²) < 4.78 is 0. The van der Waals surface area contributed by atoms with Crippen LogP contribution >= 0.6 is 0 Å². The zero-order chi connectivity index (χ0) is 13.3. The normalized spacial score (nSPS) is 38.2. The minimum atomic E-state index is -0.114. The van der Waals surface area contributed by atoms with E-state index in [2.05, 4.69) is 37.6 Å². The van der Waals surface area contributed by atoms with Crippen LogP contribution in [0.4, 0.5) is 0 Å². The third kappa shape index (κ3) is 2.89. The summed E-state index contributed by atoms with van der Waals surface area (Å²) in [5.74, 6) is 0.487. The average molecular weight is 254 g/mol. The van der Waals surface area contributed by atoms with Gasteiger partial charge in [0.15, 0.2) is 0 Å². The van der Waals surface area contributed by atoms with E-state index in [-0.39, 0.29) is 11.5 Å². The van der Waals surface area contributed by atoms with Gasteiger partial charge in [-0.2, -0.15) is 0 Å². The van der Waals surface area contributed by atoms with E-state index in [0.717, 1.165) is 13.1 Å². The predicted molar refractivity (Wildman–Crippen MR) is 75.7 cm³/mol. The second kappa shape index (κ2) is 5.48. The van der Waals surface area contributed by atoms with Crippen LogP contribution in [0, 0.1) is 11.3 Å². The highest BCUT2D eigenvalue weighted by molar-refractivity contribution is 4.93. The number of likely N-dealkylation sites (N-methyl/N-ethyl adjacent to an activating group) is 1. The second-order valence-electron chi connectivity index (χ2n) is 7.03. The molecule has 2 fully saturated rings. The van der Waals surface area contributed by atoms with Crippen LogP contribution in [0.25, 0.3) is 0 Å². The summed E-state index contributed by atoms with van der Waals surface area (Å²) in [6.07, 6.45) is 3.48. The molecule has 0 amide bonds. The van der Waals surface area contributed by atoms with E-state index in [1.807, 2.05) is 0 Å². The van der Waals surface area contributed by atoms with Gasteiger partial charge in [0.1, 0.15) is 0 Å². The van der Waals surface area contributed by atoms with Crippen molar-refractivity contribution < 1.29 is 5.11 Å². The Balaban J connectivity index is 1.87. The van der Waals surface area contributed by atoms with Crippen molar-refractivity contribution in [3.8, 4) is 0 Å². The summed E-state index contributed by atoms with van der Waals surface area (Å²) in [4.78, 5) is 5.05. The molecule has 0 aromatic carbocycles. The average Bonchev–Trinajstić information content (AvgIpc) is 2.59. The highest BCUT2D eigenvalue weighted by Gasteiger charge is 2.41. The van der Waals surface area contributed by atoms with E-state index in [9.17, 15) is 5.11 Å². The van der Waals surface area contributed by atoms with Crippen LogP contribution in [0.5, 0.6) is 0 Å². The van der Waals surface area contributed by atoms with Gasteiger partial charge < -0.3 is 14.9 Å². The largest absolute Gasteiger partial charge is 0.392 e. The molecule has 3 heteroatoms. The van der Waals surface area contributed by atoms with Crippen molar-refractivity contribution in [1.82, 2.24) is 9.80 Å². The Morgan fingerprint density at radius 3 is 2.56 bits per heavy atom. The van der Waals surface area contributed by atoms with Crippen LogP contribution in [0.1, 0.15) is 40.0 Å². The highest BCUT2D eigenvalue weighted by atomic mass is 16.3. The standard InChI is InChI=1S/C15H30N2O/c1-5-13-11-17(9-8-16(13)4)10-12-6-7-15(2,3)14(12)18/h12-14,18H,5-11H2,1-4H3. The van der Waals surface area contributed by atoms with E-state index < -0.39 is 0 Å². The number of nitrogens with zero attached hydrogens (tertiary/aromatic N) is 2. The molecule has 3 unspecified atom stereocenters. The van der Waals surface area contributed by atoms with E-state index in [1.165, 1.54) is 32.4 Å². The molecule has 1 aliphatic heterocycles. The lowest BCUT2D eigenvalue weighted by Gasteiger charge is -2.40. The zero-order valence-electron chi connectivity index (χ0n) is 12.5. The molecule has 106 valence electrons. The molecule has 2 rings (SSSR count). The first kappa shape index (κ1) is 14.3. The third-order valence-electron chi connectivity index (χ3n) is 5.23. The molecule has 1 aliphatic carbocycles. The van der Waals surface area contributed by atoms with Crippen molar-refractivity contribution in [2.45, 2.75) is 52.2 Å². The number of rotatable bonds is 3. The van der Waals surface area contributed by atoms with E-state index >= 15 is 0 Å². The van der Waals surface area contributed by atoms with Crippen molar-refractivity contribution >= 4 is 0 Å². The molecule has 0 bridgehead atoms. The van der Waals surface area contributed by atoms with Crippen molar-refractivity contribution in [2.24, 2.45) is 11.3 Å². The van der Waals surface area contributed by atoms with Crippen LogP contribution < -0.4 is 0 Å². The minimum Gasteiger partial charge on any atom is -0.392 e. The topological polar surface area (TPSA) is 26.7 Å². The first-order chi connectivity index (χ1) is 8.44. The first-order valence-electron chi connectivity index (χ1n) is 7.54. The smallest absolute Gasteiger partial charge is 0.0631 e. The molecule has 1 saturated heterocycles. The molecule has 0 radical (unpaired) electrons. The summed E-state index contributed by atoms with van der Waals surface area (Å²) in [5.41, 5.74) is 0.126. The van der Waals surface area contributed by atoms with E-state index in [1.54, 1.807) is 0 Å². The number of piperazine rings is 1. The molecule has 0 spiro atoms. The summed E-state index contributed by atoms with van der Waals surface area (Å²) in [6, 6.07) is 0.699. The molecular weight excluding hydrogens is 224 g/mol. The Morgan fingerprint density at radius 2 is 2.00 bits per heavy atom. The Bertz CT molecular complexity index is 280. The molecule has 0 aromatic rings. The summed E-state index contributed by atoms with van der Waals surface area (Å²) in [7, 11) is 2.24. The van der Waals surface area contributed by atoms with Crippen LogP contribution in [-0.2, 0) is 0 Å². The quantitative estimate of drug-likeness (QED) is 0.832. The van der Waals surface area contributed by atoms with Crippen molar-refractivity contribution in [1.29, 1.82) is 0 Å². The van der Waals surface area contributed by atoms with Gasteiger partial charge in [0.05, 0.1) is 6.10 Å². The SMILES string of the molecule is CCC1CN(CC2CCC(C)(C)C2O)CCN1C. The van der Waals surface area contributed by atoms with Gasteiger partial charge in [-0.3, -0.25) is 0 Å². The fourth-order valence-electron chi connectivity index (χ4n) is 3.64. The lowest BCUT2D eigenvalue weighted by molar-refractivity contribution is 0.0175. The maximum Gasteiger partial charge on any atom is 0.0631 e. The number of aliphatic hydroxyl groups excluding tert-OH is 1. The minimum absolute atomic E-state index is 0.114. The van der Waals surface area contributed by atoms with Gasteiger partial charge in [-0.15, -0.1) is 0 Å². The molecule has 1 N–H and O–H groups in total. The molecule has 3 atom stereocenters. The second-order valence-corrected chi connectivity index (χ2v) is 7.03. The summed E-state index contributed by atoms with van der Waals surface area (Å²) in [6.45, 7) is 11.3. The summed E-state index contributed by atoms with van der Waals surface area (Å²) >= 11 is 0. The number of hydrogen-bond donors (Lipinski definition) is 1. The maximum atomic E-state index is 10.4. The Kier molecular flexibility index (Phi) is 4.35. The van der Waals surface area contributed by atoms with Crippen LogP contribution in [0.2, 0.25) is 0 Å². The molecule has 1 heterocycles. The predicted octanol–water partition coefficient (Wildman–Crippen LogP) is 1.81. The van der Waals surface area contributed by atoms with Crippen molar-refractivity contribution in [2.75, 3.05) is 33.2 Å². The van der Waals surface area contributed by atoms with Gasteiger partial charge >= 0.3 is 0 Å². The fraction of sp³-hybridized carbons (Fsp3) is 1.00. The fourth-order valence-corrected chi connectivity index (χ4v) is 3.64. The molecule has 2 aliphatic rings. The third-order valence-corrected chi connectivity index (χ3v) is 5.23. The zero-order valence-corrected chi connectivity index (χ0v) is 12.5. The Labute approximate surface area is 112 Å². The molecular formula is C15H30N2O. The van der Waals surface area contributed by atoms with E-state index in [4.69, 9.17) is 0 Å².